The Morgan fingerprint density at radius 3 is 2.54 bits per heavy atom. The van der Waals surface area contributed by atoms with Crippen molar-refractivity contribution in [1.29, 1.82) is 0 Å². The second kappa shape index (κ2) is 6.11. The molecule has 0 saturated carbocycles. The summed E-state index contributed by atoms with van der Waals surface area (Å²) in [5, 5.41) is 2.54. The summed E-state index contributed by atoms with van der Waals surface area (Å²) in [4.78, 5) is 0. The summed E-state index contributed by atoms with van der Waals surface area (Å²) in [6.07, 6.45) is 1.75. The van der Waals surface area contributed by atoms with Crippen LogP contribution in [0.5, 0.6) is 0 Å². The highest BCUT2D eigenvalue weighted by molar-refractivity contribution is 6.13. The monoisotopic (exact) mass is 365 g/mol. The lowest BCUT2D eigenvalue weighted by molar-refractivity contribution is 0.134. The van der Waals surface area contributed by atoms with Gasteiger partial charge in [-0.05, 0) is 41.0 Å². The SMILES string of the molecule is c1ccc(Cn2c3ccccc3c3cc4c(c(-c5ccco5)c32)COC4)cc1. The van der Waals surface area contributed by atoms with E-state index < -0.39 is 0 Å². The van der Waals surface area contributed by atoms with Gasteiger partial charge in [0.1, 0.15) is 5.76 Å². The minimum absolute atomic E-state index is 0.633. The van der Waals surface area contributed by atoms with Crippen molar-refractivity contribution in [3.05, 3.63) is 95.7 Å². The van der Waals surface area contributed by atoms with Crippen molar-refractivity contribution in [3.63, 3.8) is 0 Å². The van der Waals surface area contributed by atoms with Gasteiger partial charge in [0.25, 0.3) is 0 Å². The molecule has 3 nitrogen and oxygen atoms in total. The first-order chi connectivity index (χ1) is 13.9. The number of benzene rings is 3. The fraction of sp³-hybridized carbons (Fsp3) is 0.120. The zero-order chi connectivity index (χ0) is 18.5. The van der Waals surface area contributed by atoms with Gasteiger partial charge in [-0.2, -0.15) is 0 Å². The predicted molar refractivity (Wildman–Crippen MR) is 111 cm³/mol. The van der Waals surface area contributed by atoms with Crippen LogP contribution in [0.15, 0.2) is 83.5 Å². The second-order valence-corrected chi connectivity index (χ2v) is 7.34. The lowest BCUT2D eigenvalue weighted by atomic mass is 9.97. The quantitative estimate of drug-likeness (QED) is 0.384. The standard InChI is InChI=1S/C25H19NO2/c1-2-7-17(8-3-1)14-26-22-10-5-4-9-19(22)20-13-18-15-27-16-21(18)24(25(20)26)23-11-6-12-28-23/h1-13H,14-16H2. The number of para-hydroxylation sites is 1. The Kier molecular flexibility index (Phi) is 3.43. The smallest absolute Gasteiger partial charge is 0.136 e. The molecule has 2 aromatic heterocycles. The van der Waals surface area contributed by atoms with Crippen LogP contribution in [0, 0.1) is 0 Å². The minimum Gasteiger partial charge on any atom is -0.464 e. The van der Waals surface area contributed by atoms with Gasteiger partial charge >= 0.3 is 0 Å². The Morgan fingerprint density at radius 2 is 1.68 bits per heavy atom. The predicted octanol–water partition coefficient (Wildman–Crippen LogP) is 6.13. The van der Waals surface area contributed by atoms with E-state index in [0.717, 1.165) is 12.3 Å². The fourth-order valence-corrected chi connectivity index (χ4v) is 4.48. The van der Waals surface area contributed by atoms with E-state index in [-0.39, 0.29) is 0 Å². The zero-order valence-corrected chi connectivity index (χ0v) is 15.4. The van der Waals surface area contributed by atoms with Gasteiger partial charge in [-0.25, -0.2) is 0 Å². The topological polar surface area (TPSA) is 27.3 Å². The highest BCUT2D eigenvalue weighted by Crippen LogP contribution is 2.42. The molecule has 1 aliphatic heterocycles. The molecule has 0 saturated heterocycles. The van der Waals surface area contributed by atoms with Crippen LogP contribution in [0.25, 0.3) is 33.1 Å². The number of rotatable bonds is 3. The maximum absolute atomic E-state index is 5.89. The Morgan fingerprint density at radius 1 is 0.821 bits per heavy atom. The molecule has 0 spiro atoms. The van der Waals surface area contributed by atoms with E-state index in [2.05, 4.69) is 71.3 Å². The molecule has 1 aliphatic rings. The van der Waals surface area contributed by atoms with E-state index in [1.807, 2.05) is 6.07 Å². The van der Waals surface area contributed by atoms with Gasteiger partial charge in [-0.3, -0.25) is 0 Å². The molecule has 0 bridgehead atoms. The third-order valence-electron chi connectivity index (χ3n) is 5.71. The molecule has 5 aromatic rings. The molecule has 28 heavy (non-hydrogen) atoms. The van der Waals surface area contributed by atoms with Crippen LogP contribution in [0.2, 0.25) is 0 Å². The lowest BCUT2D eigenvalue weighted by Gasteiger charge is -2.13. The minimum atomic E-state index is 0.633. The number of nitrogens with zero attached hydrogens (tertiary/aromatic N) is 1. The Bertz CT molecular complexity index is 1300. The van der Waals surface area contributed by atoms with Crippen molar-refractivity contribution in [3.8, 4) is 11.3 Å². The highest BCUT2D eigenvalue weighted by Gasteiger charge is 2.25. The van der Waals surface area contributed by atoms with E-state index in [1.54, 1.807) is 6.26 Å². The van der Waals surface area contributed by atoms with E-state index >= 15 is 0 Å². The number of fused-ring (bicyclic) bond motifs is 4. The number of hydrogen-bond donors (Lipinski definition) is 0. The molecule has 0 atom stereocenters. The van der Waals surface area contributed by atoms with E-state index in [0.29, 0.717) is 13.2 Å². The summed E-state index contributed by atoms with van der Waals surface area (Å²) in [6.45, 7) is 2.11. The summed E-state index contributed by atoms with van der Waals surface area (Å²) < 4.78 is 14.1. The third-order valence-corrected chi connectivity index (χ3v) is 5.71. The van der Waals surface area contributed by atoms with E-state index in [1.165, 1.54) is 44.1 Å². The molecule has 0 aliphatic carbocycles. The molecule has 136 valence electrons. The Hall–Kier alpha value is -3.30. The van der Waals surface area contributed by atoms with E-state index in [4.69, 9.17) is 9.15 Å². The molecule has 0 N–H and O–H groups in total. The molecule has 6 rings (SSSR count). The molecule has 3 aromatic carbocycles. The van der Waals surface area contributed by atoms with Crippen LogP contribution in [0.1, 0.15) is 16.7 Å². The molecule has 3 heterocycles. The molecule has 0 unspecified atom stereocenters. The average Bonchev–Trinajstić information content (AvgIpc) is 3.48. The van der Waals surface area contributed by atoms with Crippen molar-refractivity contribution in [2.75, 3.05) is 0 Å². The van der Waals surface area contributed by atoms with Gasteiger partial charge in [-0.1, -0.05) is 48.5 Å². The zero-order valence-electron chi connectivity index (χ0n) is 15.4. The largest absolute Gasteiger partial charge is 0.464 e. The number of hydrogen-bond acceptors (Lipinski definition) is 2. The summed E-state index contributed by atoms with van der Waals surface area (Å²) in [6, 6.07) is 25.6. The van der Waals surface area contributed by atoms with Crippen LogP contribution in [0.3, 0.4) is 0 Å². The fourth-order valence-electron chi connectivity index (χ4n) is 4.48. The molecule has 0 fully saturated rings. The second-order valence-electron chi connectivity index (χ2n) is 7.34. The van der Waals surface area contributed by atoms with Crippen molar-refractivity contribution in [1.82, 2.24) is 4.57 Å². The van der Waals surface area contributed by atoms with Crippen molar-refractivity contribution >= 4 is 21.8 Å². The summed E-state index contributed by atoms with van der Waals surface area (Å²) in [5.74, 6) is 0.907. The van der Waals surface area contributed by atoms with Crippen LogP contribution >= 0.6 is 0 Å². The van der Waals surface area contributed by atoms with Crippen molar-refractivity contribution in [2.24, 2.45) is 0 Å². The van der Waals surface area contributed by atoms with Gasteiger partial charge in [0.15, 0.2) is 0 Å². The summed E-state index contributed by atoms with van der Waals surface area (Å²) >= 11 is 0. The van der Waals surface area contributed by atoms with Crippen LogP contribution < -0.4 is 0 Å². The Balaban J connectivity index is 1.76. The van der Waals surface area contributed by atoms with Crippen molar-refractivity contribution < 1.29 is 9.15 Å². The maximum Gasteiger partial charge on any atom is 0.136 e. The number of aromatic nitrogens is 1. The van der Waals surface area contributed by atoms with Crippen molar-refractivity contribution in [2.45, 2.75) is 19.8 Å². The van der Waals surface area contributed by atoms with Gasteiger partial charge in [-0.15, -0.1) is 0 Å². The van der Waals surface area contributed by atoms with Crippen LogP contribution in [0.4, 0.5) is 0 Å². The molecule has 3 heteroatoms. The number of ether oxygens (including phenoxy) is 1. The Labute approximate surface area is 162 Å². The summed E-state index contributed by atoms with van der Waals surface area (Å²) in [7, 11) is 0. The molecular weight excluding hydrogens is 346 g/mol. The first kappa shape index (κ1) is 15.7. The normalized spacial score (nSPS) is 13.4. The number of furan rings is 1. The molecule has 0 radical (unpaired) electrons. The van der Waals surface area contributed by atoms with Gasteiger partial charge < -0.3 is 13.7 Å². The van der Waals surface area contributed by atoms with Gasteiger partial charge in [0.2, 0.25) is 0 Å². The first-order valence-electron chi connectivity index (χ1n) is 9.61. The average molecular weight is 365 g/mol. The van der Waals surface area contributed by atoms with Crippen LogP contribution in [-0.2, 0) is 24.5 Å². The van der Waals surface area contributed by atoms with Gasteiger partial charge in [0, 0.05) is 28.4 Å². The third kappa shape index (κ3) is 2.26. The molecule has 0 amide bonds. The van der Waals surface area contributed by atoms with E-state index in [9.17, 15) is 0 Å². The lowest BCUT2D eigenvalue weighted by Crippen LogP contribution is -2.01. The van der Waals surface area contributed by atoms with Gasteiger partial charge in [0.05, 0.1) is 25.0 Å². The maximum atomic E-state index is 5.89. The molecular formula is C25H19NO2. The summed E-state index contributed by atoms with van der Waals surface area (Å²) in [5.41, 5.74) is 7.44. The van der Waals surface area contributed by atoms with Crippen LogP contribution in [-0.4, -0.2) is 4.57 Å². The highest BCUT2D eigenvalue weighted by atomic mass is 16.5. The first-order valence-corrected chi connectivity index (χ1v) is 9.61.